The molecule has 19 heavy (non-hydrogen) atoms. The van der Waals surface area contributed by atoms with Crippen molar-refractivity contribution >= 4 is 11.6 Å². The summed E-state index contributed by atoms with van der Waals surface area (Å²) in [6, 6.07) is 5.67. The second-order valence-corrected chi connectivity index (χ2v) is 4.44. The second-order valence-electron chi connectivity index (χ2n) is 4.10. The molecule has 0 bridgehead atoms. The van der Waals surface area contributed by atoms with E-state index in [9.17, 15) is 0 Å². The van der Waals surface area contributed by atoms with E-state index in [-0.39, 0.29) is 12.1 Å². The van der Waals surface area contributed by atoms with Gasteiger partial charge in [0.25, 0.3) is 0 Å². The van der Waals surface area contributed by atoms with Crippen molar-refractivity contribution in [1.29, 1.82) is 0 Å². The summed E-state index contributed by atoms with van der Waals surface area (Å²) in [7, 11) is 0. The highest BCUT2D eigenvalue weighted by Crippen LogP contribution is 2.32. The molecule has 1 aromatic carbocycles. The summed E-state index contributed by atoms with van der Waals surface area (Å²) in [4.78, 5) is 7.92. The number of hydrogen-bond acceptors (Lipinski definition) is 5. The van der Waals surface area contributed by atoms with Crippen molar-refractivity contribution in [2.45, 2.75) is 13.5 Å². The molecule has 2 aromatic rings. The maximum Gasteiger partial charge on any atom is 0.231 e. The molecule has 0 radical (unpaired) electrons. The van der Waals surface area contributed by atoms with E-state index in [0.29, 0.717) is 12.5 Å². The molecule has 2 heterocycles. The summed E-state index contributed by atoms with van der Waals surface area (Å²) in [6.45, 7) is 2.51. The first-order valence-corrected chi connectivity index (χ1v) is 6.10. The molecule has 6 heteroatoms. The average molecular weight is 279 g/mol. The third-order valence-corrected chi connectivity index (χ3v) is 2.89. The fourth-order valence-electron chi connectivity index (χ4n) is 1.73. The van der Waals surface area contributed by atoms with Crippen LogP contribution in [-0.2, 0) is 6.61 Å². The van der Waals surface area contributed by atoms with Crippen LogP contribution in [0.4, 0.5) is 0 Å². The third kappa shape index (κ3) is 2.56. The lowest BCUT2D eigenvalue weighted by atomic mass is 10.2. The van der Waals surface area contributed by atoms with Gasteiger partial charge in [-0.25, -0.2) is 4.98 Å². The van der Waals surface area contributed by atoms with Gasteiger partial charge in [-0.3, -0.25) is 0 Å². The van der Waals surface area contributed by atoms with E-state index in [1.807, 2.05) is 25.1 Å². The molecule has 3 rings (SSSR count). The number of benzene rings is 1. The Bertz CT molecular complexity index is 619. The minimum Gasteiger partial charge on any atom is -0.472 e. The van der Waals surface area contributed by atoms with Crippen LogP contribution in [0.2, 0.25) is 5.28 Å². The van der Waals surface area contributed by atoms with Crippen LogP contribution in [0.5, 0.6) is 17.4 Å². The zero-order valence-corrected chi connectivity index (χ0v) is 11.0. The maximum absolute atomic E-state index is 5.74. The number of halogens is 1. The third-order valence-electron chi connectivity index (χ3n) is 2.71. The van der Waals surface area contributed by atoms with Crippen molar-refractivity contribution in [1.82, 2.24) is 9.97 Å². The molecule has 0 saturated heterocycles. The number of aryl methyl sites for hydroxylation is 1. The summed E-state index contributed by atoms with van der Waals surface area (Å²) in [5.41, 5.74) is 1.81. The number of aromatic nitrogens is 2. The minimum absolute atomic E-state index is 0.172. The lowest BCUT2D eigenvalue weighted by Crippen LogP contribution is -2.00. The van der Waals surface area contributed by atoms with Crippen LogP contribution in [0.15, 0.2) is 24.4 Å². The molecule has 0 aliphatic carbocycles. The van der Waals surface area contributed by atoms with Crippen LogP contribution in [0, 0.1) is 6.92 Å². The Morgan fingerprint density at radius 3 is 3.05 bits per heavy atom. The molecule has 0 saturated carbocycles. The predicted octanol–water partition coefficient (Wildman–Crippen LogP) is 2.75. The van der Waals surface area contributed by atoms with Crippen LogP contribution < -0.4 is 14.2 Å². The van der Waals surface area contributed by atoms with E-state index in [1.165, 1.54) is 0 Å². The highest BCUT2D eigenvalue weighted by molar-refractivity contribution is 6.28. The monoisotopic (exact) mass is 278 g/mol. The smallest absolute Gasteiger partial charge is 0.231 e. The van der Waals surface area contributed by atoms with Gasteiger partial charge in [0.15, 0.2) is 11.5 Å². The lowest BCUT2D eigenvalue weighted by Gasteiger charge is -2.08. The lowest BCUT2D eigenvalue weighted by molar-refractivity contribution is 0.174. The summed E-state index contributed by atoms with van der Waals surface area (Å²) in [5, 5.41) is 0.172. The van der Waals surface area contributed by atoms with E-state index < -0.39 is 0 Å². The summed E-state index contributed by atoms with van der Waals surface area (Å²) < 4.78 is 16.2. The largest absolute Gasteiger partial charge is 0.472 e. The molecule has 5 nitrogen and oxygen atoms in total. The number of nitrogens with zero attached hydrogens (tertiary/aromatic N) is 2. The molecule has 98 valence electrons. The van der Waals surface area contributed by atoms with Gasteiger partial charge in [0.05, 0.1) is 0 Å². The Morgan fingerprint density at radius 1 is 1.32 bits per heavy atom. The minimum atomic E-state index is 0.172. The van der Waals surface area contributed by atoms with Gasteiger partial charge in [0.1, 0.15) is 6.61 Å². The Balaban J connectivity index is 1.74. The van der Waals surface area contributed by atoms with Crippen LogP contribution in [-0.4, -0.2) is 16.8 Å². The summed E-state index contributed by atoms with van der Waals surface area (Å²) in [5.74, 6) is 1.97. The number of hydrogen-bond donors (Lipinski definition) is 0. The molecule has 1 aliphatic rings. The van der Waals surface area contributed by atoms with Crippen LogP contribution in [0.1, 0.15) is 11.1 Å². The van der Waals surface area contributed by atoms with E-state index in [1.54, 1.807) is 6.20 Å². The van der Waals surface area contributed by atoms with Gasteiger partial charge in [0, 0.05) is 11.8 Å². The Morgan fingerprint density at radius 2 is 2.16 bits per heavy atom. The van der Waals surface area contributed by atoms with E-state index in [0.717, 1.165) is 22.6 Å². The molecule has 1 aromatic heterocycles. The molecular formula is C13H11ClN2O3. The van der Waals surface area contributed by atoms with Crippen molar-refractivity contribution in [3.8, 4) is 17.4 Å². The van der Waals surface area contributed by atoms with E-state index in [4.69, 9.17) is 25.8 Å². The Labute approximate surface area is 115 Å². The maximum atomic E-state index is 5.74. The summed E-state index contributed by atoms with van der Waals surface area (Å²) >= 11 is 5.74. The molecule has 0 atom stereocenters. The van der Waals surface area contributed by atoms with Crippen LogP contribution >= 0.6 is 11.6 Å². The van der Waals surface area contributed by atoms with E-state index in [2.05, 4.69) is 9.97 Å². The highest BCUT2D eigenvalue weighted by atomic mass is 35.5. The van der Waals surface area contributed by atoms with Gasteiger partial charge < -0.3 is 14.2 Å². The molecule has 0 amide bonds. The Hall–Kier alpha value is -2.01. The molecule has 0 N–H and O–H groups in total. The molecule has 0 spiro atoms. The average Bonchev–Trinajstić information content (AvgIpc) is 2.87. The fraction of sp³-hybridized carbons (Fsp3) is 0.231. The summed E-state index contributed by atoms with van der Waals surface area (Å²) in [6.07, 6.45) is 1.63. The zero-order valence-electron chi connectivity index (χ0n) is 10.2. The first-order chi connectivity index (χ1) is 9.22. The van der Waals surface area contributed by atoms with Gasteiger partial charge in [-0.05, 0) is 36.2 Å². The topological polar surface area (TPSA) is 53.5 Å². The normalized spacial score (nSPS) is 12.5. The van der Waals surface area contributed by atoms with Gasteiger partial charge in [-0.1, -0.05) is 6.07 Å². The first-order valence-electron chi connectivity index (χ1n) is 5.73. The van der Waals surface area contributed by atoms with Crippen molar-refractivity contribution in [3.05, 3.63) is 40.8 Å². The molecular weight excluding hydrogens is 268 g/mol. The standard InChI is InChI=1S/C13H11ClN2O3/c1-8-5-15-13(14)16-12(8)17-6-9-2-3-10-11(4-9)19-7-18-10/h2-5H,6-7H2,1H3. The van der Waals surface area contributed by atoms with Crippen molar-refractivity contribution in [2.75, 3.05) is 6.79 Å². The molecule has 0 fully saturated rings. The van der Waals surface area contributed by atoms with Gasteiger partial charge in [-0.2, -0.15) is 4.98 Å². The van der Waals surface area contributed by atoms with Crippen molar-refractivity contribution in [2.24, 2.45) is 0 Å². The van der Waals surface area contributed by atoms with Crippen LogP contribution in [0.3, 0.4) is 0 Å². The van der Waals surface area contributed by atoms with Gasteiger partial charge in [-0.15, -0.1) is 0 Å². The predicted molar refractivity (Wildman–Crippen MR) is 68.7 cm³/mol. The van der Waals surface area contributed by atoms with E-state index >= 15 is 0 Å². The Kier molecular flexibility index (Phi) is 3.13. The quantitative estimate of drug-likeness (QED) is 0.808. The highest BCUT2D eigenvalue weighted by Gasteiger charge is 2.13. The number of rotatable bonds is 3. The SMILES string of the molecule is Cc1cnc(Cl)nc1OCc1ccc2c(c1)OCO2. The molecule has 0 unspecified atom stereocenters. The fourth-order valence-corrected chi connectivity index (χ4v) is 1.86. The zero-order chi connectivity index (χ0) is 13.2. The number of ether oxygens (including phenoxy) is 3. The number of fused-ring (bicyclic) bond motifs is 1. The second kappa shape index (κ2) is 4.93. The molecule has 1 aliphatic heterocycles. The van der Waals surface area contributed by atoms with Crippen LogP contribution in [0.25, 0.3) is 0 Å². The van der Waals surface area contributed by atoms with Gasteiger partial charge >= 0.3 is 0 Å². The van der Waals surface area contributed by atoms with Crippen molar-refractivity contribution in [3.63, 3.8) is 0 Å². The van der Waals surface area contributed by atoms with Gasteiger partial charge in [0.2, 0.25) is 18.0 Å². The first kappa shape index (κ1) is 12.0. The van der Waals surface area contributed by atoms with Crippen molar-refractivity contribution < 1.29 is 14.2 Å².